The first-order valence-corrected chi connectivity index (χ1v) is 9.72. The van der Waals surface area contributed by atoms with Crippen molar-refractivity contribution in [3.8, 4) is 11.3 Å². The fraction of sp³-hybridized carbons (Fsp3) is 0.143. The number of benzene rings is 2. The Kier molecular flexibility index (Phi) is 5.60. The van der Waals surface area contributed by atoms with Gasteiger partial charge in [-0.3, -0.25) is 9.59 Å². The van der Waals surface area contributed by atoms with Gasteiger partial charge in [-0.2, -0.15) is 0 Å². The number of nitrogens with zero attached hydrogens (tertiary/aromatic N) is 2. The van der Waals surface area contributed by atoms with Crippen LogP contribution < -0.4 is 21.7 Å². The Morgan fingerprint density at radius 1 is 1.23 bits per heavy atom. The lowest BCUT2D eigenvalue weighted by molar-refractivity contribution is -0.115. The molecule has 1 aliphatic heterocycles. The Hall–Kier alpha value is -3.49. The number of carbonyl (C=O) groups excluding carboxylic acids is 2. The highest BCUT2D eigenvalue weighted by Gasteiger charge is 2.21. The van der Waals surface area contributed by atoms with Gasteiger partial charge in [-0.1, -0.05) is 17.7 Å². The Balaban J connectivity index is 1.65. The Morgan fingerprint density at radius 2 is 2.10 bits per heavy atom. The van der Waals surface area contributed by atoms with Crippen LogP contribution >= 0.6 is 11.6 Å². The number of halogens is 1. The predicted molar refractivity (Wildman–Crippen MR) is 116 cm³/mol. The fourth-order valence-electron chi connectivity index (χ4n) is 3.18. The van der Waals surface area contributed by atoms with E-state index in [9.17, 15) is 9.59 Å². The molecule has 0 bridgehead atoms. The van der Waals surface area contributed by atoms with E-state index in [4.69, 9.17) is 17.3 Å². The van der Waals surface area contributed by atoms with Crippen LogP contribution in [0.3, 0.4) is 0 Å². The van der Waals surface area contributed by atoms with Crippen LogP contribution in [0.2, 0.25) is 5.02 Å². The molecule has 4 rings (SSSR count). The zero-order valence-corrected chi connectivity index (χ0v) is 16.7. The van der Waals surface area contributed by atoms with Crippen LogP contribution in [0, 0.1) is 0 Å². The van der Waals surface area contributed by atoms with Crippen molar-refractivity contribution in [2.24, 2.45) is 5.73 Å². The number of anilines is 3. The number of amides is 2. The average molecular weight is 423 g/mol. The summed E-state index contributed by atoms with van der Waals surface area (Å²) in [5, 5.41) is 9.23. The van der Waals surface area contributed by atoms with Crippen molar-refractivity contribution in [2.75, 3.05) is 23.7 Å². The number of rotatable bonds is 5. The summed E-state index contributed by atoms with van der Waals surface area (Å²) in [5.74, 6) is -0.0105. The zero-order valence-electron chi connectivity index (χ0n) is 15.9. The van der Waals surface area contributed by atoms with Crippen LogP contribution in [0.25, 0.3) is 11.3 Å². The molecule has 0 saturated heterocycles. The van der Waals surface area contributed by atoms with E-state index in [-0.39, 0.29) is 18.2 Å². The molecule has 0 fully saturated rings. The second-order valence-corrected chi connectivity index (χ2v) is 7.17. The van der Waals surface area contributed by atoms with Crippen molar-refractivity contribution < 1.29 is 9.59 Å². The standard InChI is InChI=1S/C21H19ClN6O2/c22-14-4-5-16-17(10-14)27-18(29)9-13-11-25-21(28-19(13)16)26-15-3-1-2-12(8-15)20(30)24-7-6-23/h1-5,8,10-11H,6-7,9,23H2,(H,24,30)(H,27,29)(H,25,26,28). The van der Waals surface area contributed by atoms with Crippen LogP contribution in [-0.4, -0.2) is 34.9 Å². The molecule has 2 heterocycles. The molecule has 30 heavy (non-hydrogen) atoms. The Labute approximate surface area is 177 Å². The summed E-state index contributed by atoms with van der Waals surface area (Å²) in [6, 6.07) is 12.3. The number of nitrogens with one attached hydrogen (secondary N) is 3. The Bertz CT molecular complexity index is 1130. The summed E-state index contributed by atoms with van der Waals surface area (Å²) in [5.41, 5.74) is 9.32. The van der Waals surface area contributed by atoms with Crippen molar-refractivity contribution in [1.29, 1.82) is 0 Å². The van der Waals surface area contributed by atoms with Crippen LogP contribution in [0.4, 0.5) is 17.3 Å². The highest BCUT2D eigenvalue weighted by atomic mass is 35.5. The minimum Gasteiger partial charge on any atom is -0.351 e. The van der Waals surface area contributed by atoms with Gasteiger partial charge in [0.1, 0.15) is 0 Å². The number of carbonyl (C=O) groups is 2. The van der Waals surface area contributed by atoms with Gasteiger partial charge in [0.2, 0.25) is 11.9 Å². The molecule has 2 amide bonds. The third-order valence-corrected chi connectivity index (χ3v) is 4.77. The van der Waals surface area contributed by atoms with Crippen molar-refractivity contribution >= 4 is 40.7 Å². The van der Waals surface area contributed by atoms with Crippen molar-refractivity contribution in [3.05, 3.63) is 64.8 Å². The van der Waals surface area contributed by atoms with Gasteiger partial charge in [0.25, 0.3) is 5.91 Å². The SMILES string of the molecule is NCCNC(=O)c1cccc(Nc2ncc3c(n2)-c2ccc(Cl)cc2NC(=O)C3)c1. The Morgan fingerprint density at radius 3 is 2.93 bits per heavy atom. The third kappa shape index (κ3) is 4.24. The lowest BCUT2D eigenvalue weighted by atomic mass is 10.1. The molecule has 1 aromatic heterocycles. The lowest BCUT2D eigenvalue weighted by Crippen LogP contribution is -2.28. The van der Waals surface area contributed by atoms with Gasteiger partial charge in [0.05, 0.1) is 17.8 Å². The fourth-order valence-corrected chi connectivity index (χ4v) is 3.35. The molecule has 5 N–H and O–H groups in total. The average Bonchev–Trinajstić information content (AvgIpc) is 2.86. The first-order valence-electron chi connectivity index (χ1n) is 9.34. The molecular weight excluding hydrogens is 404 g/mol. The highest BCUT2D eigenvalue weighted by molar-refractivity contribution is 6.31. The minimum absolute atomic E-state index is 0.155. The molecular formula is C21H19ClN6O2. The van der Waals surface area contributed by atoms with Gasteiger partial charge in [-0.05, 0) is 36.4 Å². The molecule has 0 saturated carbocycles. The predicted octanol–water partition coefficient (Wildman–Crippen LogP) is 2.72. The number of hydrogen-bond acceptors (Lipinski definition) is 6. The van der Waals surface area contributed by atoms with Gasteiger partial charge >= 0.3 is 0 Å². The van der Waals surface area contributed by atoms with E-state index in [0.29, 0.717) is 52.3 Å². The molecule has 1 aliphatic rings. The maximum atomic E-state index is 12.2. The van der Waals surface area contributed by atoms with Crippen LogP contribution in [0.1, 0.15) is 15.9 Å². The van der Waals surface area contributed by atoms with Gasteiger partial charge in [-0.15, -0.1) is 0 Å². The summed E-state index contributed by atoms with van der Waals surface area (Å²) >= 11 is 6.08. The third-order valence-electron chi connectivity index (χ3n) is 4.54. The molecule has 152 valence electrons. The number of fused-ring (bicyclic) bond motifs is 3. The summed E-state index contributed by atoms with van der Waals surface area (Å²) in [7, 11) is 0. The van der Waals surface area contributed by atoms with Gasteiger partial charge < -0.3 is 21.7 Å². The second-order valence-electron chi connectivity index (χ2n) is 6.73. The summed E-state index contributed by atoms with van der Waals surface area (Å²) in [6.45, 7) is 0.775. The van der Waals surface area contributed by atoms with E-state index in [1.165, 1.54) is 0 Å². The van der Waals surface area contributed by atoms with E-state index in [0.717, 1.165) is 5.56 Å². The number of aromatic nitrogens is 2. The lowest BCUT2D eigenvalue weighted by Gasteiger charge is -2.11. The van der Waals surface area contributed by atoms with E-state index >= 15 is 0 Å². The number of hydrogen-bond donors (Lipinski definition) is 4. The van der Waals surface area contributed by atoms with E-state index in [2.05, 4.69) is 25.9 Å². The van der Waals surface area contributed by atoms with E-state index in [1.807, 2.05) is 12.1 Å². The summed E-state index contributed by atoms with van der Waals surface area (Å²) < 4.78 is 0. The van der Waals surface area contributed by atoms with Crippen LogP contribution in [0.15, 0.2) is 48.7 Å². The molecule has 3 aromatic rings. The molecule has 0 unspecified atom stereocenters. The van der Waals surface area contributed by atoms with Crippen LogP contribution in [0.5, 0.6) is 0 Å². The summed E-state index contributed by atoms with van der Waals surface area (Å²) in [6.07, 6.45) is 1.80. The normalized spacial score (nSPS) is 12.3. The number of nitrogens with two attached hydrogens (primary N) is 1. The van der Waals surface area contributed by atoms with E-state index < -0.39 is 0 Å². The highest BCUT2D eigenvalue weighted by Crippen LogP contribution is 2.34. The first kappa shape index (κ1) is 19.8. The molecule has 0 radical (unpaired) electrons. The molecule has 8 nitrogen and oxygen atoms in total. The topological polar surface area (TPSA) is 122 Å². The largest absolute Gasteiger partial charge is 0.351 e. The van der Waals surface area contributed by atoms with Crippen LogP contribution in [-0.2, 0) is 11.2 Å². The maximum absolute atomic E-state index is 12.2. The van der Waals surface area contributed by atoms with Crippen molar-refractivity contribution in [3.63, 3.8) is 0 Å². The van der Waals surface area contributed by atoms with Gasteiger partial charge in [-0.25, -0.2) is 9.97 Å². The van der Waals surface area contributed by atoms with E-state index in [1.54, 1.807) is 36.5 Å². The second kappa shape index (κ2) is 8.48. The molecule has 0 atom stereocenters. The maximum Gasteiger partial charge on any atom is 0.251 e. The quantitative estimate of drug-likeness (QED) is 0.501. The molecule has 9 heteroatoms. The smallest absolute Gasteiger partial charge is 0.251 e. The van der Waals surface area contributed by atoms with Gasteiger partial charge in [0.15, 0.2) is 0 Å². The molecule has 0 aliphatic carbocycles. The van der Waals surface area contributed by atoms with Gasteiger partial charge in [0, 0.05) is 46.7 Å². The minimum atomic E-state index is -0.206. The monoisotopic (exact) mass is 422 g/mol. The molecule has 0 spiro atoms. The van der Waals surface area contributed by atoms with Crippen molar-refractivity contribution in [1.82, 2.24) is 15.3 Å². The first-order chi connectivity index (χ1) is 14.5. The summed E-state index contributed by atoms with van der Waals surface area (Å²) in [4.78, 5) is 33.3. The molecule has 2 aromatic carbocycles. The zero-order chi connectivity index (χ0) is 21.1. The van der Waals surface area contributed by atoms with Crippen molar-refractivity contribution in [2.45, 2.75) is 6.42 Å².